The summed E-state index contributed by atoms with van der Waals surface area (Å²) in [6.07, 6.45) is 2.11. The van der Waals surface area contributed by atoms with Crippen molar-refractivity contribution in [3.8, 4) is 0 Å². The zero-order valence-electron chi connectivity index (χ0n) is 12.1. The van der Waals surface area contributed by atoms with Crippen molar-refractivity contribution in [2.24, 2.45) is 0 Å². The molecule has 2 aromatic heterocycles. The monoisotopic (exact) mass is 306 g/mol. The molecule has 3 rings (SSSR count). The van der Waals surface area contributed by atoms with Gasteiger partial charge in [0, 0.05) is 24.3 Å². The summed E-state index contributed by atoms with van der Waals surface area (Å²) < 4.78 is 1.74. The van der Waals surface area contributed by atoms with Gasteiger partial charge in [-0.25, -0.2) is 19.9 Å². The van der Waals surface area contributed by atoms with Gasteiger partial charge in [0.25, 0.3) is 0 Å². The Hall–Kier alpha value is -1.83. The Labute approximate surface area is 126 Å². The Kier molecular flexibility index (Phi) is 3.96. The molecule has 0 radical (unpaired) electrons. The number of nitrogens with zero attached hydrogens (tertiary/aromatic N) is 4. The maximum absolute atomic E-state index is 11.7. The van der Waals surface area contributed by atoms with Crippen LogP contribution < -0.4 is 11.0 Å². The first-order valence-electron chi connectivity index (χ1n) is 7.05. The van der Waals surface area contributed by atoms with Gasteiger partial charge in [-0.05, 0) is 26.7 Å². The SMILES string of the molecule is CCNc1cc(C)nc(CSc2n[nH]c(=O)n2C2CC2)n1. The van der Waals surface area contributed by atoms with E-state index in [-0.39, 0.29) is 5.69 Å². The van der Waals surface area contributed by atoms with Crippen LogP contribution in [-0.2, 0) is 5.75 Å². The minimum atomic E-state index is -0.126. The van der Waals surface area contributed by atoms with E-state index in [0.29, 0.717) is 11.8 Å². The van der Waals surface area contributed by atoms with Crippen LogP contribution in [-0.4, -0.2) is 31.3 Å². The molecule has 1 fully saturated rings. The number of anilines is 1. The predicted octanol–water partition coefficient (Wildman–Crippen LogP) is 1.73. The van der Waals surface area contributed by atoms with Crippen molar-refractivity contribution in [1.82, 2.24) is 24.7 Å². The smallest absolute Gasteiger partial charge is 0.344 e. The Morgan fingerprint density at radius 1 is 1.48 bits per heavy atom. The van der Waals surface area contributed by atoms with Crippen molar-refractivity contribution in [3.63, 3.8) is 0 Å². The van der Waals surface area contributed by atoms with E-state index in [4.69, 9.17) is 0 Å². The van der Waals surface area contributed by atoms with Gasteiger partial charge < -0.3 is 5.32 Å². The average Bonchev–Trinajstić information content (AvgIpc) is 3.20. The van der Waals surface area contributed by atoms with E-state index in [2.05, 4.69) is 25.5 Å². The number of aromatic nitrogens is 5. The predicted molar refractivity (Wildman–Crippen MR) is 81.6 cm³/mol. The lowest BCUT2D eigenvalue weighted by Gasteiger charge is -2.07. The zero-order valence-corrected chi connectivity index (χ0v) is 12.9. The van der Waals surface area contributed by atoms with Gasteiger partial charge in [-0.2, -0.15) is 0 Å². The lowest BCUT2D eigenvalue weighted by Crippen LogP contribution is -2.16. The van der Waals surface area contributed by atoms with E-state index >= 15 is 0 Å². The molecule has 21 heavy (non-hydrogen) atoms. The van der Waals surface area contributed by atoms with E-state index in [1.54, 1.807) is 4.57 Å². The number of rotatable bonds is 6. The summed E-state index contributed by atoms with van der Waals surface area (Å²) in [7, 11) is 0. The van der Waals surface area contributed by atoms with Crippen molar-refractivity contribution >= 4 is 17.6 Å². The Morgan fingerprint density at radius 3 is 3.00 bits per heavy atom. The topological polar surface area (TPSA) is 88.5 Å². The summed E-state index contributed by atoms with van der Waals surface area (Å²) in [5.74, 6) is 2.17. The maximum Gasteiger partial charge on any atom is 0.344 e. The van der Waals surface area contributed by atoms with E-state index < -0.39 is 0 Å². The van der Waals surface area contributed by atoms with E-state index in [9.17, 15) is 4.79 Å². The number of hydrogen-bond donors (Lipinski definition) is 2. The number of H-pyrrole nitrogens is 1. The second kappa shape index (κ2) is 5.88. The third-order valence-corrected chi connectivity index (χ3v) is 4.12. The van der Waals surface area contributed by atoms with Crippen LogP contribution in [0.3, 0.4) is 0 Å². The maximum atomic E-state index is 11.7. The van der Waals surface area contributed by atoms with Crippen molar-refractivity contribution in [2.45, 2.75) is 43.6 Å². The van der Waals surface area contributed by atoms with Crippen molar-refractivity contribution in [2.75, 3.05) is 11.9 Å². The molecule has 8 heteroatoms. The van der Waals surface area contributed by atoms with E-state index in [1.165, 1.54) is 11.8 Å². The van der Waals surface area contributed by atoms with Gasteiger partial charge in [0.2, 0.25) is 0 Å². The molecule has 2 N–H and O–H groups in total. The van der Waals surface area contributed by atoms with Crippen LogP contribution in [0.1, 0.15) is 37.3 Å². The molecule has 112 valence electrons. The number of thioether (sulfide) groups is 1. The molecule has 0 saturated heterocycles. The van der Waals surface area contributed by atoms with Crippen LogP contribution in [0, 0.1) is 6.92 Å². The molecule has 0 atom stereocenters. The molecule has 0 aromatic carbocycles. The first-order valence-corrected chi connectivity index (χ1v) is 8.04. The highest BCUT2D eigenvalue weighted by molar-refractivity contribution is 7.98. The summed E-state index contributed by atoms with van der Waals surface area (Å²) in [6.45, 7) is 4.80. The van der Waals surface area contributed by atoms with Gasteiger partial charge in [-0.15, -0.1) is 5.10 Å². The lowest BCUT2D eigenvalue weighted by molar-refractivity contribution is 0.642. The third kappa shape index (κ3) is 3.26. The summed E-state index contributed by atoms with van der Waals surface area (Å²) in [6, 6.07) is 2.24. The molecule has 0 amide bonds. The van der Waals surface area contributed by atoms with Crippen molar-refractivity contribution in [1.29, 1.82) is 0 Å². The summed E-state index contributed by atoms with van der Waals surface area (Å²) >= 11 is 1.49. The minimum absolute atomic E-state index is 0.126. The molecule has 0 aliphatic heterocycles. The van der Waals surface area contributed by atoms with E-state index in [0.717, 1.165) is 41.9 Å². The van der Waals surface area contributed by atoms with Crippen LogP contribution in [0.2, 0.25) is 0 Å². The molecule has 7 nitrogen and oxygen atoms in total. The number of hydrogen-bond acceptors (Lipinski definition) is 6. The lowest BCUT2D eigenvalue weighted by atomic mass is 10.4. The van der Waals surface area contributed by atoms with Gasteiger partial charge in [0.1, 0.15) is 11.6 Å². The molecule has 0 spiro atoms. The largest absolute Gasteiger partial charge is 0.370 e. The second-order valence-corrected chi connectivity index (χ2v) is 5.98. The molecule has 1 aliphatic rings. The fraction of sp³-hybridized carbons (Fsp3) is 0.538. The van der Waals surface area contributed by atoms with Gasteiger partial charge in [-0.3, -0.25) is 4.57 Å². The molecule has 0 unspecified atom stereocenters. The van der Waals surface area contributed by atoms with Gasteiger partial charge in [-0.1, -0.05) is 11.8 Å². The van der Waals surface area contributed by atoms with Crippen molar-refractivity contribution in [3.05, 3.63) is 28.1 Å². The number of aryl methyl sites for hydroxylation is 1. The zero-order chi connectivity index (χ0) is 14.8. The van der Waals surface area contributed by atoms with E-state index in [1.807, 2.05) is 19.9 Å². The molecule has 2 aromatic rings. The summed E-state index contributed by atoms with van der Waals surface area (Å²) in [5, 5.41) is 10.5. The molecule has 1 saturated carbocycles. The summed E-state index contributed by atoms with van der Waals surface area (Å²) in [5.41, 5.74) is 0.802. The standard InChI is InChI=1S/C13H18N6OS/c1-3-14-10-6-8(2)15-11(16-10)7-21-13-18-17-12(20)19(13)9-4-5-9/h6,9H,3-5,7H2,1-2H3,(H,17,20)(H,14,15,16). The Balaban J connectivity index is 1.74. The number of nitrogens with one attached hydrogen (secondary N) is 2. The van der Waals surface area contributed by atoms with Crippen LogP contribution in [0.15, 0.2) is 16.0 Å². The molecule has 1 aliphatic carbocycles. The van der Waals surface area contributed by atoms with Crippen LogP contribution in [0.5, 0.6) is 0 Å². The third-order valence-electron chi connectivity index (χ3n) is 3.17. The van der Waals surface area contributed by atoms with Gasteiger partial charge in [0.15, 0.2) is 5.16 Å². The fourth-order valence-corrected chi connectivity index (χ4v) is 3.01. The highest BCUT2D eigenvalue weighted by atomic mass is 32.2. The van der Waals surface area contributed by atoms with Crippen LogP contribution in [0.25, 0.3) is 0 Å². The van der Waals surface area contributed by atoms with Crippen LogP contribution in [0.4, 0.5) is 5.82 Å². The first kappa shape index (κ1) is 14.1. The quantitative estimate of drug-likeness (QED) is 0.790. The number of aromatic amines is 1. The Morgan fingerprint density at radius 2 is 2.29 bits per heavy atom. The van der Waals surface area contributed by atoms with Crippen molar-refractivity contribution < 1.29 is 0 Å². The molecular weight excluding hydrogens is 288 g/mol. The molecule has 0 bridgehead atoms. The normalized spacial score (nSPS) is 14.4. The second-order valence-electron chi connectivity index (χ2n) is 5.04. The van der Waals surface area contributed by atoms with Gasteiger partial charge >= 0.3 is 5.69 Å². The first-order chi connectivity index (χ1) is 10.2. The molecular formula is C13H18N6OS. The summed E-state index contributed by atoms with van der Waals surface area (Å²) in [4.78, 5) is 20.6. The highest BCUT2D eigenvalue weighted by Crippen LogP contribution is 2.36. The highest BCUT2D eigenvalue weighted by Gasteiger charge is 2.28. The van der Waals surface area contributed by atoms with Crippen LogP contribution >= 0.6 is 11.8 Å². The minimum Gasteiger partial charge on any atom is -0.370 e. The Bertz CT molecular complexity index is 690. The average molecular weight is 306 g/mol. The molecule has 2 heterocycles. The fourth-order valence-electron chi connectivity index (χ4n) is 2.14. The van der Waals surface area contributed by atoms with Gasteiger partial charge in [0.05, 0.1) is 5.75 Å².